The van der Waals surface area contributed by atoms with Gasteiger partial charge in [-0.25, -0.2) is 23.4 Å². The number of hydrogen-bond acceptors (Lipinski definition) is 7. The van der Waals surface area contributed by atoms with Crippen LogP contribution in [0.25, 0.3) is 11.0 Å². The molecular formula is C18H17F3N6O2S. The van der Waals surface area contributed by atoms with E-state index in [1.54, 1.807) is 12.1 Å². The van der Waals surface area contributed by atoms with Gasteiger partial charge in [0.2, 0.25) is 10.0 Å². The van der Waals surface area contributed by atoms with Gasteiger partial charge in [-0.05, 0) is 36.4 Å². The van der Waals surface area contributed by atoms with Crippen LogP contribution in [0, 0.1) is 0 Å². The maximum absolute atomic E-state index is 12.8. The molecule has 2 aromatic heterocycles. The van der Waals surface area contributed by atoms with E-state index in [4.69, 9.17) is 5.73 Å². The highest BCUT2D eigenvalue weighted by atomic mass is 32.2. The van der Waals surface area contributed by atoms with Crippen LogP contribution in [0.5, 0.6) is 0 Å². The first-order valence-electron chi connectivity index (χ1n) is 8.96. The summed E-state index contributed by atoms with van der Waals surface area (Å²) in [5.74, 6) is 0.957. The van der Waals surface area contributed by atoms with E-state index in [1.807, 2.05) is 4.90 Å². The molecule has 158 valence electrons. The number of rotatable bonds is 3. The van der Waals surface area contributed by atoms with Crippen molar-refractivity contribution in [2.45, 2.75) is 11.1 Å². The Morgan fingerprint density at radius 1 is 0.933 bits per heavy atom. The fraction of sp³-hybridized carbons (Fsp3) is 0.278. The molecule has 1 aliphatic heterocycles. The van der Waals surface area contributed by atoms with Crippen molar-refractivity contribution in [2.75, 3.05) is 36.8 Å². The van der Waals surface area contributed by atoms with E-state index in [0.717, 1.165) is 24.3 Å². The van der Waals surface area contributed by atoms with Gasteiger partial charge >= 0.3 is 6.18 Å². The third-order valence-corrected chi connectivity index (χ3v) is 6.77. The van der Waals surface area contributed by atoms with E-state index in [1.165, 1.54) is 10.6 Å². The molecule has 0 bridgehead atoms. The molecule has 0 spiro atoms. The Morgan fingerprint density at radius 3 is 2.23 bits per heavy atom. The van der Waals surface area contributed by atoms with Gasteiger partial charge in [0.05, 0.1) is 15.8 Å². The third kappa shape index (κ3) is 3.75. The number of hydrogen-bond donors (Lipinski definition) is 1. The lowest BCUT2D eigenvalue weighted by Crippen LogP contribution is -2.49. The molecule has 2 N–H and O–H groups in total. The molecule has 0 aliphatic carbocycles. The van der Waals surface area contributed by atoms with Gasteiger partial charge in [-0.2, -0.15) is 17.5 Å². The summed E-state index contributed by atoms with van der Waals surface area (Å²) in [4.78, 5) is 14.3. The minimum atomic E-state index is -4.52. The second-order valence-corrected chi connectivity index (χ2v) is 8.66. The van der Waals surface area contributed by atoms with Crippen LogP contribution in [0.3, 0.4) is 0 Å². The summed E-state index contributed by atoms with van der Waals surface area (Å²) >= 11 is 0. The number of nitrogens with zero attached hydrogens (tertiary/aromatic N) is 5. The van der Waals surface area contributed by atoms with Crippen LogP contribution in [0.4, 0.5) is 24.8 Å². The quantitative estimate of drug-likeness (QED) is 0.668. The fourth-order valence-corrected chi connectivity index (χ4v) is 4.72. The molecule has 0 saturated carbocycles. The molecule has 0 unspecified atom stereocenters. The Labute approximate surface area is 170 Å². The number of aromatic nitrogens is 3. The second kappa shape index (κ2) is 7.36. The van der Waals surface area contributed by atoms with Gasteiger partial charge < -0.3 is 10.6 Å². The van der Waals surface area contributed by atoms with Gasteiger partial charge in [-0.1, -0.05) is 0 Å². The highest BCUT2D eigenvalue weighted by Gasteiger charge is 2.33. The number of fused-ring (bicyclic) bond motifs is 1. The molecule has 0 atom stereocenters. The number of alkyl halides is 3. The number of piperazine rings is 1. The van der Waals surface area contributed by atoms with E-state index in [-0.39, 0.29) is 18.0 Å². The fourth-order valence-electron chi connectivity index (χ4n) is 3.30. The zero-order valence-electron chi connectivity index (χ0n) is 15.5. The first kappa shape index (κ1) is 20.3. The van der Waals surface area contributed by atoms with E-state index < -0.39 is 21.8 Å². The number of pyridine rings is 1. The molecule has 0 radical (unpaired) electrons. The first-order chi connectivity index (χ1) is 14.2. The molecule has 30 heavy (non-hydrogen) atoms. The van der Waals surface area contributed by atoms with Gasteiger partial charge in [0.15, 0.2) is 5.65 Å². The Morgan fingerprint density at radius 2 is 1.60 bits per heavy atom. The van der Waals surface area contributed by atoms with Crippen molar-refractivity contribution < 1.29 is 21.6 Å². The summed E-state index contributed by atoms with van der Waals surface area (Å²) in [6.45, 7) is 1.04. The van der Waals surface area contributed by atoms with E-state index in [9.17, 15) is 21.6 Å². The average molecular weight is 438 g/mol. The zero-order chi connectivity index (χ0) is 21.5. The van der Waals surface area contributed by atoms with Crippen molar-refractivity contribution in [3.05, 3.63) is 48.3 Å². The summed E-state index contributed by atoms with van der Waals surface area (Å²) in [5, 5.41) is 0.700. The van der Waals surface area contributed by atoms with Crippen LogP contribution in [0.15, 0.2) is 47.6 Å². The number of sulfonamides is 1. The van der Waals surface area contributed by atoms with E-state index in [0.29, 0.717) is 35.8 Å². The van der Waals surface area contributed by atoms with Crippen LogP contribution < -0.4 is 10.6 Å². The van der Waals surface area contributed by atoms with Crippen molar-refractivity contribution in [2.24, 2.45) is 0 Å². The van der Waals surface area contributed by atoms with Gasteiger partial charge in [0.25, 0.3) is 0 Å². The molecule has 4 rings (SSSR count). The summed E-state index contributed by atoms with van der Waals surface area (Å²) in [6, 6.07) is 6.92. The van der Waals surface area contributed by atoms with E-state index in [2.05, 4.69) is 15.0 Å². The van der Waals surface area contributed by atoms with Gasteiger partial charge in [-0.15, -0.1) is 0 Å². The average Bonchev–Trinajstić information content (AvgIpc) is 2.72. The molecule has 0 amide bonds. The van der Waals surface area contributed by atoms with Crippen molar-refractivity contribution in [3.63, 3.8) is 0 Å². The topological polar surface area (TPSA) is 105 Å². The van der Waals surface area contributed by atoms with Crippen LogP contribution in [-0.2, 0) is 16.2 Å². The predicted octanol–water partition coefficient (Wildman–Crippen LogP) is 2.14. The van der Waals surface area contributed by atoms with Gasteiger partial charge in [-0.3, -0.25) is 0 Å². The lowest BCUT2D eigenvalue weighted by molar-refractivity contribution is -0.137. The van der Waals surface area contributed by atoms with Crippen LogP contribution in [0.2, 0.25) is 0 Å². The summed E-state index contributed by atoms with van der Waals surface area (Å²) in [7, 11) is -3.90. The number of halogens is 3. The summed E-state index contributed by atoms with van der Waals surface area (Å²) in [6.07, 6.45) is -3.15. The normalized spacial score (nSPS) is 16.2. The maximum atomic E-state index is 12.8. The molecule has 1 aromatic carbocycles. The Bertz CT molecular complexity index is 1180. The van der Waals surface area contributed by atoms with Crippen LogP contribution in [-0.4, -0.2) is 53.9 Å². The van der Waals surface area contributed by atoms with Crippen molar-refractivity contribution in [1.82, 2.24) is 19.3 Å². The lowest BCUT2D eigenvalue weighted by Gasteiger charge is -2.35. The van der Waals surface area contributed by atoms with Gasteiger partial charge in [0, 0.05) is 26.2 Å². The first-order valence-corrected chi connectivity index (χ1v) is 10.4. The molecule has 1 fully saturated rings. The summed E-state index contributed by atoms with van der Waals surface area (Å²) < 4.78 is 65.1. The third-order valence-electron chi connectivity index (χ3n) is 4.86. The van der Waals surface area contributed by atoms with Crippen molar-refractivity contribution >= 4 is 32.7 Å². The SMILES string of the molecule is Nc1ccc2c(N3CCN(S(=O)(=O)c4ccc(C(F)(F)F)cc4)CC3)ncnc2n1. The van der Waals surface area contributed by atoms with Gasteiger partial charge in [0.1, 0.15) is 18.0 Å². The smallest absolute Gasteiger partial charge is 0.384 e. The predicted molar refractivity (Wildman–Crippen MR) is 104 cm³/mol. The van der Waals surface area contributed by atoms with Crippen LogP contribution in [0.1, 0.15) is 5.56 Å². The molecule has 12 heteroatoms. The van der Waals surface area contributed by atoms with E-state index >= 15 is 0 Å². The number of nitrogen functional groups attached to an aromatic ring is 1. The zero-order valence-corrected chi connectivity index (χ0v) is 16.4. The summed E-state index contributed by atoms with van der Waals surface area (Å²) in [5.41, 5.74) is 5.24. The van der Waals surface area contributed by atoms with Crippen molar-refractivity contribution in [3.8, 4) is 0 Å². The standard InChI is InChI=1S/C18H17F3N6O2S/c19-18(20,21)12-1-3-13(4-2-12)30(28,29)27-9-7-26(8-10-27)17-14-5-6-15(22)25-16(14)23-11-24-17/h1-6,11H,7-10H2,(H2,22,23,24,25). The minimum Gasteiger partial charge on any atom is -0.384 e. The second-order valence-electron chi connectivity index (χ2n) is 6.72. The Balaban J connectivity index is 1.52. The Hall–Kier alpha value is -2.99. The highest BCUT2D eigenvalue weighted by Crippen LogP contribution is 2.30. The molecule has 3 aromatic rings. The number of nitrogens with two attached hydrogens (primary N) is 1. The molecular weight excluding hydrogens is 421 g/mol. The minimum absolute atomic E-state index is 0.164. The molecule has 3 heterocycles. The lowest BCUT2D eigenvalue weighted by atomic mass is 10.2. The van der Waals surface area contributed by atoms with Crippen molar-refractivity contribution in [1.29, 1.82) is 0 Å². The number of anilines is 2. The molecule has 1 aliphatic rings. The monoisotopic (exact) mass is 438 g/mol. The molecule has 8 nitrogen and oxygen atoms in total. The number of benzene rings is 1. The molecule has 1 saturated heterocycles. The largest absolute Gasteiger partial charge is 0.416 e. The van der Waals surface area contributed by atoms with Crippen LogP contribution >= 0.6 is 0 Å². The maximum Gasteiger partial charge on any atom is 0.416 e. The highest BCUT2D eigenvalue weighted by molar-refractivity contribution is 7.89. The Kier molecular flexibility index (Phi) is 4.98.